The van der Waals surface area contributed by atoms with Crippen molar-refractivity contribution in [2.24, 2.45) is 5.92 Å². The molecule has 3 rings (SSSR count). The molecule has 1 heteroatoms. The minimum atomic E-state index is -0.0814. The van der Waals surface area contributed by atoms with E-state index in [1.165, 1.54) is 40.7 Å². The fourth-order valence-electron chi connectivity index (χ4n) is 4.51. The highest BCUT2D eigenvalue weighted by molar-refractivity contribution is 6.33. The SMILES string of the molecule is C=CC=C1/C(=C(\C)Cl)c2ccccc2C12CCC(CC)CC2=C. The lowest BCUT2D eigenvalue weighted by molar-refractivity contribution is 0.338. The van der Waals surface area contributed by atoms with E-state index in [0.29, 0.717) is 0 Å². The minimum absolute atomic E-state index is 0.0814. The van der Waals surface area contributed by atoms with Crippen molar-refractivity contribution >= 4 is 17.2 Å². The van der Waals surface area contributed by atoms with Crippen molar-refractivity contribution in [3.63, 3.8) is 0 Å². The lowest BCUT2D eigenvalue weighted by atomic mass is 9.62. The summed E-state index contributed by atoms with van der Waals surface area (Å²) in [7, 11) is 0. The second kappa shape index (κ2) is 6.17. The van der Waals surface area contributed by atoms with Crippen LogP contribution in [-0.2, 0) is 5.41 Å². The van der Waals surface area contributed by atoms with Crippen molar-refractivity contribution in [3.05, 3.63) is 76.9 Å². The molecule has 2 atom stereocenters. The summed E-state index contributed by atoms with van der Waals surface area (Å²) >= 11 is 6.52. The Bertz CT molecular complexity index is 715. The molecule has 120 valence electrons. The quantitative estimate of drug-likeness (QED) is 0.525. The van der Waals surface area contributed by atoms with Gasteiger partial charge in [0.15, 0.2) is 0 Å². The molecule has 0 saturated heterocycles. The molecule has 1 aromatic rings. The maximum atomic E-state index is 6.52. The Morgan fingerprint density at radius 1 is 1.39 bits per heavy atom. The molecule has 0 nitrogen and oxygen atoms in total. The van der Waals surface area contributed by atoms with Crippen molar-refractivity contribution in [2.75, 3.05) is 0 Å². The van der Waals surface area contributed by atoms with Crippen LogP contribution in [0, 0.1) is 5.92 Å². The van der Waals surface area contributed by atoms with Gasteiger partial charge in [-0.2, -0.15) is 0 Å². The average molecular weight is 325 g/mol. The molecule has 1 saturated carbocycles. The molecule has 23 heavy (non-hydrogen) atoms. The van der Waals surface area contributed by atoms with Gasteiger partial charge in [0.2, 0.25) is 0 Å². The van der Waals surface area contributed by atoms with Crippen LogP contribution in [0.5, 0.6) is 0 Å². The average Bonchev–Trinajstić information content (AvgIpc) is 2.82. The molecular formula is C22H25Cl. The second-order valence-corrected chi connectivity index (χ2v) is 7.36. The monoisotopic (exact) mass is 324 g/mol. The van der Waals surface area contributed by atoms with E-state index in [4.69, 9.17) is 11.6 Å². The topological polar surface area (TPSA) is 0 Å². The first-order chi connectivity index (χ1) is 11.1. The van der Waals surface area contributed by atoms with Gasteiger partial charge in [0.25, 0.3) is 0 Å². The van der Waals surface area contributed by atoms with Crippen molar-refractivity contribution in [1.29, 1.82) is 0 Å². The fourth-order valence-corrected chi connectivity index (χ4v) is 4.72. The molecule has 0 aromatic heterocycles. The predicted octanol–water partition coefficient (Wildman–Crippen LogP) is 6.79. The molecule has 0 bridgehead atoms. The lowest BCUT2D eigenvalue weighted by Crippen LogP contribution is -2.33. The van der Waals surface area contributed by atoms with Crippen LogP contribution in [0.4, 0.5) is 0 Å². The van der Waals surface area contributed by atoms with Crippen LogP contribution in [0.15, 0.2) is 65.8 Å². The van der Waals surface area contributed by atoms with Crippen LogP contribution in [0.2, 0.25) is 0 Å². The largest absolute Gasteiger partial charge is 0.0991 e. The van der Waals surface area contributed by atoms with Gasteiger partial charge in [-0.25, -0.2) is 0 Å². The van der Waals surface area contributed by atoms with Gasteiger partial charge in [0.1, 0.15) is 0 Å². The van der Waals surface area contributed by atoms with Gasteiger partial charge in [0.05, 0.1) is 0 Å². The van der Waals surface area contributed by atoms with Crippen LogP contribution in [0.3, 0.4) is 0 Å². The van der Waals surface area contributed by atoms with Crippen molar-refractivity contribution in [1.82, 2.24) is 0 Å². The molecule has 2 aliphatic rings. The molecule has 0 aliphatic heterocycles. The summed E-state index contributed by atoms with van der Waals surface area (Å²) in [5.74, 6) is 0.760. The highest BCUT2D eigenvalue weighted by atomic mass is 35.5. The van der Waals surface area contributed by atoms with Gasteiger partial charge < -0.3 is 0 Å². The summed E-state index contributed by atoms with van der Waals surface area (Å²) < 4.78 is 0. The Labute approximate surface area is 145 Å². The molecule has 0 amide bonds. The summed E-state index contributed by atoms with van der Waals surface area (Å²) in [6.07, 6.45) is 8.74. The summed E-state index contributed by atoms with van der Waals surface area (Å²) in [5.41, 5.74) is 6.37. The molecule has 1 spiro atoms. The molecular weight excluding hydrogens is 300 g/mol. The van der Waals surface area contributed by atoms with E-state index in [-0.39, 0.29) is 5.41 Å². The first-order valence-electron chi connectivity index (χ1n) is 8.54. The Kier molecular flexibility index (Phi) is 4.38. The van der Waals surface area contributed by atoms with E-state index >= 15 is 0 Å². The number of fused-ring (bicyclic) bond motifs is 2. The van der Waals surface area contributed by atoms with Crippen molar-refractivity contribution in [2.45, 2.75) is 44.9 Å². The zero-order chi connectivity index (χ0) is 16.6. The zero-order valence-electron chi connectivity index (χ0n) is 14.2. The fraction of sp³-hybridized carbons (Fsp3) is 0.364. The number of allylic oxidation sites excluding steroid dienone is 6. The molecule has 2 aliphatic carbocycles. The van der Waals surface area contributed by atoms with Crippen molar-refractivity contribution in [3.8, 4) is 0 Å². The van der Waals surface area contributed by atoms with Crippen LogP contribution < -0.4 is 0 Å². The third-order valence-corrected chi connectivity index (χ3v) is 5.85. The van der Waals surface area contributed by atoms with Crippen LogP contribution in [0.1, 0.15) is 50.7 Å². The molecule has 2 unspecified atom stereocenters. The molecule has 1 aromatic carbocycles. The molecule has 0 radical (unpaired) electrons. The van der Waals surface area contributed by atoms with Gasteiger partial charge in [-0.05, 0) is 48.8 Å². The normalized spacial score (nSPS) is 30.7. The standard InChI is InChI=1S/C22H25Cl/c1-5-9-20-21(16(4)23)18-10-7-8-11-19(18)22(20)13-12-17(6-2)14-15(22)3/h5,7-11,17H,1,3,6,12-14H2,2,4H3/b20-9?,21-16+. The smallest absolute Gasteiger partial charge is 0.0421 e. The molecule has 0 N–H and O–H groups in total. The van der Waals surface area contributed by atoms with E-state index in [2.05, 4.69) is 50.4 Å². The summed E-state index contributed by atoms with van der Waals surface area (Å²) in [6, 6.07) is 8.69. The number of rotatable bonds is 2. The highest BCUT2D eigenvalue weighted by Crippen LogP contribution is 2.60. The second-order valence-electron chi connectivity index (χ2n) is 6.80. The number of halogens is 1. The summed E-state index contributed by atoms with van der Waals surface area (Å²) in [5, 5.41) is 0.854. The Morgan fingerprint density at radius 2 is 2.13 bits per heavy atom. The van der Waals surface area contributed by atoms with Gasteiger partial charge in [-0.15, -0.1) is 0 Å². The zero-order valence-corrected chi connectivity index (χ0v) is 14.9. The highest BCUT2D eigenvalue weighted by Gasteiger charge is 2.49. The van der Waals surface area contributed by atoms with Crippen LogP contribution in [0.25, 0.3) is 5.57 Å². The van der Waals surface area contributed by atoms with E-state index in [1.807, 2.05) is 13.0 Å². The minimum Gasteiger partial charge on any atom is -0.0991 e. The van der Waals surface area contributed by atoms with E-state index < -0.39 is 0 Å². The number of hydrogen-bond acceptors (Lipinski definition) is 0. The Morgan fingerprint density at radius 3 is 2.74 bits per heavy atom. The number of benzene rings is 1. The van der Waals surface area contributed by atoms with Gasteiger partial charge >= 0.3 is 0 Å². The van der Waals surface area contributed by atoms with Crippen LogP contribution in [-0.4, -0.2) is 0 Å². The summed E-state index contributed by atoms with van der Waals surface area (Å²) in [4.78, 5) is 0. The maximum Gasteiger partial charge on any atom is 0.0421 e. The Balaban J connectivity index is 2.27. The third kappa shape index (κ3) is 2.35. The van der Waals surface area contributed by atoms with E-state index in [0.717, 1.165) is 23.8 Å². The first-order valence-corrected chi connectivity index (χ1v) is 8.92. The summed E-state index contributed by atoms with van der Waals surface area (Å²) in [6.45, 7) is 12.8. The van der Waals surface area contributed by atoms with Gasteiger partial charge in [-0.3, -0.25) is 0 Å². The lowest BCUT2D eigenvalue weighted by Gasteiger charge is -2.41. The van der Waals surface area contributed by atoms with Crippen molar-refractivity contribution < 1.29 is 0 Å². The predicted molar refractivity (Wildman–Crippen MR) is 102 cm³/mol. The number of hydrogen-bond donors (Lipinski definition) is 0. The maximum absolute atomic E-state index is 6.52. The van der Waals surface area contributed by atoms with Gasteiger partial charge in [-0.1, -0.05) is 80.1 Å². The third-order valence-electron chi connectivity index (χ3n) is 5.66. The van der Waals surface area contributed by atoms with E-state index in [1.54, 1.807) is 0 Å². The van der Waals surface area contributed by atoms with Crippen LogP contribution >= 0.6 is 11.6 Å². The molecule has 0 heterocycles. The van der Waals surface area contributed by atoms with E-state index in [9.17, 15) is 0 Å². The Hall–Kier alpha value is -1.53. The molecule has 1 fully saturated rings. The first kappa shape index (κ1) is 16.3. The van der Waals surface area contributed by atoms with Gasteiger partial charge in [0, 0.05) is 16.0 Å².